The van der Waals surface area contributed by atoms with Crippen molar-refractivity contribution in [3.63, 3.8) is 0 Å². The number of carbonyl (C=O) groups excluding carboxylic acids is 3. The first-order valence-corrected chi connectivity index (χ1v) is 8.54. The number of carbonyl (C=O) groups is 3. The molecule has 3 amide bonds. The maximum absolute atomic E-state index is 12.8. The van der Waals surface area contributed by atoms with Gasteiger partial charge in [-0.05, 0) is 30.0 Å². The number of thioether (sulfide) groups is 1. The van der Waals surface area contributed by atoms with E-state index in [9.17, 15) is 14.4 Å². The van der Waals surface area contributed by atoms with E-state index in [-0.39, 0.29) is 10.5 Å². The highest BCUT2D eigenvalue weighted by molar-refractivity contribution is 8.18. The second-order valence-electron chi connectivity index (χ2n) is 5.57. The van der Waals surface area contributed by atoms with E-state index in [0.29, 0.717) is 22.1 Å². The predicted octanol–water partition coefficient (Wildman–Crippen LogP) is 2.24. The Balaban J connectivity index is 1.80. The summed E-state index contributed by atoms with van der Waals surface area (Å²) < 4.78 is 0. The van der Waals surface area contributed by atoms with E-state index < -0.39 is 17.7 Å². The molecule has 1 N–H and O–H groups in total. The zero-order chi connectivity index (χ0) is 18.3. The molecule has 2 aromatic rings. The van der Waals surface area contributed by atoms with Crippen LogP contribution in [0, 0.1) is 0 Å². The Morgan fingerprint density at radius 2 is 2.00 bits per heavy atom. The van der Waals surface area contributed by atoms with Crippen molar-refractivity contribution in [2.75, 3.05) is 4.90 Å². The summed E-state index contributed by atoms with van der Waals surface area (Å²) in [6, 6.07) is 10.4. The van der Waals surface area contributed by atoms with E-state index in [1.807, 2.05) is 0 Å². The Hall–Kier alpha value is -3.26. The van der Waals surface area contributed by atoms with Crippen molar-refractivity contribution in [3.8, 4) is 0 Å². The number of aliphatic imine (C=N–C) groups is 1. The number of pyridine rings is 1. The Kier molecular flexibility index (Phi) is 3.89. The lowest BCUT2D eigenvalue weighted by molar-refractivity contribution is -0.122. The molecular weight excluding hydrogens is 352 g/mol. The molecule has 1 saturated heterocycles. The van der Waals surface area contributed by atoms with Gasteiger partial charge in [-0.3, -0.25) is 19.4 Å². The van der Waals surface area contributed by atoms with Gasteiger partial charge >= 0.3 is 0 Å². The van der Waals surface area contributed by atoms with Crippen LogP contribution >= 0.6 is 11.8 Å². The Morgan fingerprint density at radius 3 is 2.73 bits per heavy atom. The van der Waals surface area contributed by atoms with Gasteiger partial charge in [-0.15, -0.1) is 0 Å². The molecule has 2 aliphatic heterocycles. The van der Waals surface area contributed by atoms with E-state index >= 15 is 0 Å². The standard InChI is InChI=1S/C18H12N4O3S/c1-10(23)22-13-7-3-2-6-12(13)14(17(22)25)15-16(24)21-18(26-15)20-11-5-4-8-19-9-11/h2-9H,1H3,(H,20,21,24). The van der Waals surface area contributed by atoms with Crippen molar-refractivity contribution in [1.82, 2.24) is 10.3 Å². The average Bonchev–Trinajstić information content (AvgIpc) is 3.11. The molecule has 1 aromatic heterocycles. The number of aromatic nitrogens is 1. The van der Waals surface area contributed by atoms with Crippen LogP contribution in [0.1, 0.15) is 12.5 Å². The zero-order valence-corrected chi connectivity index (χ0v) is 14.4. The SMILES string of the molecule is CC(=O)N1C(=O)C(=C2SC(=Nc3cccnc3)NC2=O)c2ccccc21. The third kappa shape index (κ3) is 2.60. The molecule has 1 fully saturated rings. The first kappa shape index (κ1) is 16.2. The van der Waals surface area contributed by atoms with Crippen LogP contribution in [0.2, 0.25) is 0 Å². The fourth-order valence-electron chi connectivity index (χ4n) is 2.82. The lowest BCUT2D eigenvalue weighted by Crippen LogP contribution is -2.31. The summed E-state index contributed by atoms with van der Waals surface area (Å²) in [5.41, 5.74) is 1.85. The van der Waals surface area contributed by atoms with E-state index in [0.717, 1.165) is 16.7 Å². The maximum atomic E-state index is 12.8. The topological polar surface area (TPSA) is 91.7 Å². The van der Waals surface area contributed by atoms with Crippen LogP contribution in [0.15, 0.2) is 58.7 Å². The molecule has 7 nitrogen and oxygen atoms in total. The molecule has 128 valence electrons. The van der Waals surface area contributed by atoms with Gasteiger partial charge in [-0.2, -0.15) is 0 Å². The fourth-order valence-corrected chi connectivity index (χ4v) is 3.75. The smallest absolute Gasteiger partial charge is 0.267 e. The average molecular weight is 364 g/mol. The van der Waals surface area contributed by atoms with E-state index in [1.165, 1.54) is 6.92 Å². The molecule has 0 radical (unpaired) electrons. The van der Waals surface area contributed by atoms with Gasteiger partial charge in [0.25, 0.3) is 11.8 Å². The summed E-state index contributed by atoms with van der Waals surface area (Å²) in [7, 11) is 0. The third-order valence-electron chi connectivity index (χ3n) is 3.88. The number of nitrogens with zero attached hydrogens (tertiary/aromatic N) is 3. The molecule has 0 atom stereocenters. The first-order chi connectivity index (χ1) is 12.6. The molecule has 0 bridgehead atoms. The Bertz CT molecular complexity index is 1010. The van der Waals surface area contributed by atoms with E-state index in [1.54, 1.807) is 48.8 Å². The van der Waals surface area contributed by atoms with Crippen LogP contribution in [-0.4, -0.2) is 27.9 Å². The molecule has 2 aliphatic rings. The highest BCUT2D eigenvalue weighted by Gasteiger charge is 2.40. The number of benzene rings is 1. The molecule has 8 heteroatoms. The minimum Gasteiger partial charge on any atom is -0.300 e. The zero-order valence-electron chi connectivity index (χ0n) is 13.6. The van der Waals surface area contributed by atoms with Gasteiger partial charge in [0.15, 0.2) is 5.17 Å². The fraction of sp³-hybridized carbons (Fsp3) is 0.0556. The molecule has 0 aliphatic carbocycles. The molecule has 4 rings (SSSR count). The number of hydrogen-bond acceptors (Lipinski definition) is 6. The van der Waals surface area contributed by atoms with Gasteiger partial charge in [-0.25, -0.2) is 9.89 Å². The van der Waals surface area contributed by atoms with Crippen molar-refractivity contribution in [2.45, 2.75) is 6.92 Å². The summed E-state index contributed by atoms with van der Waals surface area (Å²) >= 11 is 1.07. The number of fused-ring (bicyclic) bond motifs is 1. The molecule has 3 heterocycles. The van der Waals surface area contributed by atoms with Gasteiger partial charge < -0.3 is 5.32 Å². The maximum Gasteiger partial charge on any atom is 0.267 e. The summed E-state index contributed by atoms with van der Waals surface area (Å²) in [5, 5.41) is 3.02. The number of anilines is 1. The van der Waals surface area contributed by atoms with Gasteiger partial charge in [0.1, 0.15) is 0 Å². The number of imide groups is 1. The summed E-state index contributed by atoms with van der Waals surface area (Å²) in [4.78, 5) is 46.8. The number of rotatable bonds is 1. The minimum atomic E-state index is -0.501. The molecule has 26 heavy (non-hydrogen) atoms. The van der Waals surface area contributed by atoms with Gasteiger partial charge in [0.05, 0.1) is 28.0 Å². The Labute approximate surface area is 152 Å². The highest BCUT2D eigenvalue weighted by atomic mass is 32.2. The van der Waals surface area contributed by atoms with E-state index in [4.69, 9.17) is 0 Å². The normalized spacial score (nSPS) is 20.5. The number of para-hydroxylation sites is 1. The van der Waals surface area contributed by atoms with Gasteiger partial charge in [0, 0.05) is 18.7 Å². The molecule has 0 spiro atoms. The summed E-state index contributed by atoms with van der Waals surface area (Å²) in [6.07, 6.45) is 3.19. The van der Waals surface area contributed by atoms with Crippen LogP contribution < -0.4 is 10.2 Å². The second-order valence-corrected chi connectivity index (χ2v) is 6.56. The van der Waals surface area contributed by atoms with Crippen molar-refractivity contribution in [3.05, 3.63) is 59.3 Å². The summed E-state index contributed by atoms with van der Waals surface area (Å²) in [6.45, 7) is 1.32. The van der Waals surface area contributed by atoms with Gasteiger partial charge in [0.2, 0.25) is 5.91 Å². The summed E-state index contributed by atoms with van der Waals surface area (Å²) in [5.74, 6) is -1.31. The molecule has 0 saturated carbocycles. The number of amidine groups is 1. The number of nitrogens with one attached hydrogen (secondary N) is 1. The third-order valence-corrected chi connectivity index (χ3v) is 4.86. The van der Waals surface area contributed by atoms with Crippen LogP contribution in [0.25, 0.3) is 5.57 Å². The van der Waals surface area contributed by atoms with Gasteiger partial charge in [-0.1, -0.05) is 18.2 Å². The van der Waals surface area contributed by atoms with Crippen molar-refractivity contribution >= 4 is 51.6 Å². The second kappa shape index (κ2) is 6.23. The Morgan fingerprint density at radius 1 is 1.19 bits per heavy atom. The number of amides is 3. The van der Waals surface area contributed by atoms with Crippen LogP contribution in [0.3, 0.4) is 0 Å². The highest BCUT2D eigenvalue weighted by Crippen LogP contribution is 2.42. The minimum absolute atomic E-state index is 0.217. The van der Waals surface area contributed by atoms with Crippen molar-refractivity contribution in [2.24, 2.45) is 4.99 Å². The lowest BCUT2D eigenvalue weighted by Gasteiger charge is -2.11. The molecular formula is C18H12N4O3S. The largest absolute Gasteiger partial charge is 0.300 e. The monoisotopic (exact) mass is 364 g/mol. The van der Waals surface area contributed by atoms with Crippen LogP contribution in [0.5, 0.6) is 0 Å². The quantitative estimate of drug-likeness (QED) is 0.784. The lowest BCUT2D eigenvalue weighted by atomic mass is 10.1. The van der Waals surface area contributed by atoms with Crippen molar-refractivity contribution < 1.29 is 14.4 Å². The molecule has 0 unspecified atom stereocenters. The molecule has 1 aromatic carbocycles. The van der Waals surface area contributed by atoms with Crippen molar-refractivity contribution in [1.29, 1.82) is 0 Å². The van der Waals surface area contributed by atoms with Crippen LogP contribution in [-0.2, 0) is 14.4 Å². The van der Waals surface area contributed by atoms with E-state index in [2.05, 4.69) is 15.3 Å². The first-order valence-electron chi connectivity index (χ1n) is 7.73. The van der Waals surface area contributed by atoms with Crippen LogP contribution in [0.4, 0.5) is 11.4 Å². The predicted molar refractivity (Wildman–Crippen MR) is 98.6 cm³/mol. The number of hydrogen-bond donors (Lipinski definition) is 1.